The fourth-order valence-electron chi connectivity index (χ4n) is 4.53. The molecule has 1 saturated heterocycles. The van der Waals surface area contributed by atoms with Gasteiger partial charge in [-0.05, 0) is 68.5 Å². The molecule has 1 heterocycles. The van der Waals surface area contributed by atoms with E-state index in [1.54, 1.807) is 7.05 Å². The van der Waals surface area contributed by atoms with Crippen LogP contribution in [0.5, 0.6) is 0 Å². The minimum Gasteiger partial charge on any atom is -0.355 e. The van der Waals surface area contributed by atoms with E-state index in [4.69, 9.17) is 0 Å². The van der Waals surface area contributed by atoms with Crippen LogP contribution in [0, 0.1) is 5.92 Å². The highest BCUT2D eigenvalue weighted by atomic mass is 35.5. The topological polar surface area (TPSA) is 44.4 Å². The van der Waals surface area contributed by atoms with Crippen LogP contribution < -0.4 is 10.6 Å². The molecular weight excluding hydrogens is 441 g/mol. The summed E-state index contributed by atoms with van der Waals surface area (Å²) in [7, 11) is 1.67. The first-order chi connectivity index (χ1) is 14.6. The van der Waals surface area contributed by atoms with Gasteiger partial charge in [0.1, 0.15) is 0 Å². The summed E-state index contributed by atoms with van der Waals surface area (Å²) in [5, 5.41) is 6.58. The normalized spacial score (nSPS) is 21.2. The fourth-order valence-corrected chi connectivity index (χ4v) is 4.53. The largest absolute Gasteiger partial charge is 0.355 e. The fraction of sp³-hybridized carbons (Fsp3) is 0.423. The molecule has 1 amide bonds. The number of carbonyl (C=O) groups is 1. The van der Waals surface area contributed by atoms with Crippen molar-refractivity contribution in [3.63, 3.8) is 0 Å². The van der Waals surface area contributed by atoms with Crippen LogP contribution in [-0.2, 0) is 6.54 Å². The van der Waals surface area contributed by atoms with E-state index in [1.165, 1.54) is 36.0 Å². The first-order valence-corrected chi connectivity index (χ1v) is 11.1. The summed E-state index contributed by atoms with van der Waals surface area (Å²) in [6, 6.07) is 19.9. The third kappa shape index (κ3) is 7.08. The van der Waals surface area contributed by atoms with Gasteiger partial charge in [-0.15, -0.1) is 24.8 Å². The summed E-state index contributed by atoms with van der Waals surface area (Å²) in [5.41, 5.74) is 4.80. The maximum atomic E-state index is 11.7. The van der Waals surface area contributed by atoms with Gasteiger partial charge in [-0.1, -0.05) is 54.1 Å². The lowest BCUT2D eigenvalue weighted by molar-refractivity contribution is 0.0963. The number of nitrogens with zero attached hydrogens (tertiary/aromatic N) is 1. The highest BCUT2D eigenvalue weighted by molar-refractivity contribution is 5.93. The minimum atomic E-state index is -0.0272. The zero-order valence-electron chi connectivity index (χ0n) is 18.9. The maximum absolute atomic E-state index is 11.7. The van der Waals surface area contributed by atoms with Gasteiger partial charge in [-0.25, -0.2) is 0 Å². The van der Waals surface area contributed by atoms with Gasteiger partial charge in [0.2, 0.25) is 0 Å². The zero-order valence-corrected chi connectivity index (χ0v) is 20.6. The Bertz CT molecular complexity index is 878. The van der Waals surface area contributed by atoms with E-state index < -0.39 is 0 Å². The molecule has 0 bridgehead atoms. The number of nitrogens with one attached hydrogen (secondary N) is 2. The molecule has 6 heteroatoms. The van der Waals surface area contributed by atoms with Crippen LogP contribution in [0.1, 0.15) is 47.7 Å². The highest BCUT2D eigenvalue weighted by Gasteiger charge is 2.39. The lowest BCUT2D eigenvalue weighted by atomic mass is 10.0. The Labute approximate surface area is 204 Å². The number of hydrogen-bond acceptors (Lipinski definition) is 3. The minimum absolute atomic E-state index is 0. The van der Waals surface area contributed by atoms with Crippen LogP contribution in [0.25, 0.3) is 6.08 Å². The molecule has 0 spiro atoms. The van der Waals surface area contributed by atoms with Gasteiger partial charge in [0, 0.05) is 31.2 Å². The van der Waals surface area contributed by atoms with Gasteiger partial charge in [-0.2, -0.15) is 0 Å². The van der Waals surface area contributed by atoms with Gasteiger partial charge in [-0.3, -0.25) is 9.69 Å². The Morgan fingerprint density at radius 3 is 2.31 bits per heavy atom. The molecule has 1 saturated carbocycles. The van der Waals surface area contributed by atoms with E-state index in [-0.39, 0.29) is 30.7 Å². The van der Waals surface area contributed by atoms with Gasteiger partial charge < -0.3 is 10.6 Å². The average molecular weight is 476 g/mol. The second kappa shape index (κ2) is 12.4. The highest BCUT2D eigenvalue weighted by Crippen LogP contribution is 2.38. The summed E-state index contributed by atoms with van der Waals surface area (Å²) in [4.78, 5) is 14.2. The number of carbonyl (C=O) groups excluding carboxylic acids is 1. The molecule has 1 unspecified atom stereocenters. The summed E-state index contributed by atoms with van der Waals surface area (Å²) in [6.07, 6.45) is 6.03. The van der Waals surface area contributed by atoms with Gasteiger partial charge in [0.25, 0.3) is 5.91 Å². The van der Waals surface area contributed by atoms with E-state index in [0.29, 0.717) is 18.0 Å². The number of amides is 1. The number of benzene rings is 2. The molecule has 2 N–H and O–H groups in total. The van der Waals surface area contributed by atoms with Gasteiger partial charge >= 0.3 is 0 Å². The number of piperidine rings is 1. The Morgan fingerprint density at radius 1 is 1.03 bits per heavy atom. The third-order valence-corrected chi connectivity index (χ3v) is 6.46. The monoisotopic (exact) mass is 475 g/mol. The zero-order chi connectivity index (χ0) is 20.9. The smallest absolute Gasteiger partial charge is 0.251 e. The Hall–Kier alpha value is -1.85. The predicted octanol–water partition coefficient (Wildman–Crippen LogP) is 4.94. The molecule has 1 aliphatic carbocycles. The molecular formula is C26H35Cl2N3O. The Balaban J connectivity index is 0.00000181. The molecule has 4 nitrogen and oxygen atoms in total. The van der Waals surface area contributed by atoms with Crippen LogP contribution in [0.15, 0.2) is 60.2 Å². The lowest BCUT2D eigenvalue weighted by Gasteiger charge is -2.32. The average Bonchev–Trinajstić information content (AvgIpc) is 3.55. The number of hydrogen-bond donors (Lipinski definition) is 2. The molecule has 2 atom stereocenters. The van der Waals surface area contributed by atoms with E-state index in [9.17, 15) is 4.79 Å². The van der Waals surface area contributed by atoms with Crippen molar-refractivity contribution in [2.45, 2.75) is 44.8 Å². The third-order valence-electron chi connectivity index (χ3n) is 6.46. The van der Waals surface area contributed by atoms with E-state index in [0.717, 1.165) is 25.2 Å². The second-order valence-electron chi connectivity index (χ2n) is 8.74. The maximum Gasteiger partial charge on any atom is 0.251 e. The standard InChI is InChI=1S/C26H33N3O.2ClH/c1-19(16-20-6-4-3-5-7-20)24-17-25(24)28-23-12-14-29(15-13-23)18-21-8-10-22(11-9-21)26(30)27-2;;/h3-11,16,23-25,28H,12-15,17-18H2,1-2H3,(H,27,30);2*1H/t24?,25-;;/m0../s1. The summed E-state index contributed by atoms with van der Waals surface area (Å²) in [5.74, 6) is 0.669. The lowest BCUT2D eigenvalue weighted by Crippen LogP contribution is -2.43. The molecule has 2 fully saturated rings. The van der Waals surface area contributed by atoms with Crippen LogP contribution in [0.4, 0.5) is 0 Å². The first-order valence-electron chi connectivity index (χ1n) is 11.1. The Morgan fingerprint density at radius 2 is 1.69 bits per heavy atom. The van der Waals surface area contributed by atoms with Crippen molar-refractivity contribution in [2.75, 3.05) is 20.1 Å². The van der Waals surface area contributed by atoms with Crippen LogP contribution >= 0.6 is 24.8 Å². The molecule has 0 aromatic heterocycles. The van der Waals surface area contributed by atoms with E-state index >= 15 is 0 Å². The van der Waals surface area contributed by atoms with Crippen LogP contribution in [0.3, 0.4) is 0 Å². The number of likely N-dealkylation sites (tertiary alicyclic amines) is 1. The van der Waals surface area contributed by atoms with E-state index in [2.05, 4.69) is 71.0 Å². The van der Waals surface area contributed by atoms with Crippen molar-refractivity contribution in [3.05, 3.63) is 76.9 Å². The first kappa shape index (κ1) is 26.4. The molecule has 174 valence electrons. The van der Waals surface area contributed by atoms with Crippen molar-refractivity contribution < 1.29 is 4.79 Å². The molecule has 1 aliphatic heterocycles. The summed E-state index contributed by atoms with van der Waals surface area (Å²) >= 11 is 0. The Kier molecular flexibility index (Phi) is 10.2. The molecule has 2 aromatic rings. The van der Waals surface area contributed by atoms with Crippen molar-refractivity contribution in [1.82, 2.24) is 15.5 Å². The molecule has 2 aromatic carbocycles. The number of halogens is 2. The summed E-state index contributed by atoms with van der Waals surface area (Å²) < 4.78 is 0. The van der Waals surface area contributed by atoms with Crippen molar-refractivity contribution >= 4 is 36.8 Å². The van der Waals surface area contributed by atoms with Crippen molar-refractivity contribution in [3.8, 4) is 0 Å². The molecule has 4 rings (SSSR count). The van der Waals surface area contributed by atoms with Crippen molar-refractivity contribution in [1.29, 1.82) is 0 Å². The molecule has 2 aliphatic rings. The number of rotatable bonds is 7. The quantitative estimate of drug-likeness (QED) is 0.595. The molecule has 0 radical (unpaired) electrons. The van der Waals surface area contributed by atoms with Crippen LogP contribution in [-0.4, -0.2) is 43.0 Å². The van der Waals surface area contributed by atoms with E-state index in [1.807, 2.05) is 12.1 Å². The summed E-state index contributed by atoms with van der Waals surface area (Å²) in [6.45, 7) is 5.50. The van der Waals surface area contributed by atoms with Crippen molar-refractivity contribution in [2.24, 2.45) is 5.92 Å². The SMILES string of the molecule is CNC(=O)c1ccc(CN2CCC(N[C@H]3CC3C(C)=Cc3ccccc3)CC2)cc1.Cl.Cl. The van der Waals surface area contributed by atoms with Gasteiger partial charge in [0.15, 0.2) is 0 Å². The van der Waals surface area contributed by atoms with Crippen LogP contribution in [0.2, 0.25) is 0 Å². The second-order valence-corrected chi connectivity index (χ2v) is 8.74. The van der Waals surface area contributed by atoms with Gasteiger partial charge in [0.05, 0.1) is 0 Å². The molecule has 32 heavy (non-hydrogen) atoms. The predicted molar refractivity (Wildman–Crippen MR) is 138 cm³/mol.